The maximum atomic E-state index is 11.9. The molecular formula is C18H24N4O2S. The molecule has 6 nitrogen and oxygen atoms in total. The Kier molecular flexibility index (Phi) is 6.55. The minimum absolute atomic E-state index is 0.242. The number of guanidine groups is 1. The molecule has 0 aromatic heterocycles. The van der Waals surface area contributed by atoms with Gasteiger partial charge in [-0.3, -0.25) is 0 Å². The van der Waals surface area contributed by atoms with Crippen LogP contribution in [-0.4, -0.2) is 40.4 Å². The molecule has 0 spiro atoms. The van der Waals surface area contributed by atoms with Crippen molar-refractivity contribution < 1.29 is 8.42 Å². The van der Waals surface area contributed by atoms with Crippen molar-refractivity contribution in [3.63, 3.8) is 0 Å². The number of benzene rings is 2. The normalized spacial score (nSPS) is 12.0. The van der Waals surface area contributed by atoms with Crippen LogP contribution in [-0.2, 0) is 23.1 Å². The first-order chi connectivity index (χ1) is 11.9. The molecule has 0 radical (unpaired) electrons. The lowest BCUT2D eigenvalue weighted by atomic mass is 10.2. The first kappa shape index (κ1) is 19.0. The minimum Gasteiger partial charge on any atom is -0.352 e. The SMILES string of the molecule is CNS(=O)(=O)c1cccc(CN=C(NCc2ccccc2)N(C)C)c1. The van der Waals surface area contributed by atoms with Crippen molar-refractivity contribution in [1.82, 2.24) is 14.9 Å². The van der Waals surface area contributed by atoms with Crippen molar-refractivity contribution in [3.8, 4) is 0 Å². The molecule has 0 aliphatic carbocycles. The van der Waals surface area contributed by atoms with Crippen LogP contribution in [0, 0.1) is 0 Å². The van der Waals surface area contributed by atoms with Crippen molar-refractivity contribution in [2.75, 3.05) is 21.1 Å². The average Bonchev–Trinajstić information content (AvgIpc) is 2.62. The Morgan fingerprint density at radius 3 is 2.36 bits per heavy atom. The van der Waals surface area contributed by atoms with Crippen molar-refractivity contribution in [3.05, 3.63) is 65.7 Å². The number of aliphatic imine (C=N–C) groups is 1. The Bertz CT molecular complexity index is 818. The van der Waals surface area contributed by atoms with Crippen molar-refractivity contribution in [2.45, 2.75) is 18.0 Å². The molecular weight excluding hydrogens is 336 g/mol. The molecule has 0 aliphatic heterocycles. The second kappa shape index (κ2) is 8.64. The fourth-order valence-electron chi connectivity index (χ4n) is 2.23. The monoisotopic (exact) mass is 360 g/mol. The van der Waals surface area contributed by atoms with E-state index in [0.717, 1.165) is 11.5 Å². The van der Waals surface area contributed by atoms with Gasteiger partial charge in [0.15, 0.2) is 5.96 Å². The number of nitrogens with zero attached hydrogens (tertiary/aromatic N) is 2. The zero-order valence-corrected chi connectivity index (χ0v) is 15.5. The third-order valence-corrected chi connectivity index (χ3v) is 5.02. The molecule has 2 N–H and O–H groups in total. The van der Waals surface area contributed by atoms with Crippen LogP contribution in [0.5, 0.6) is 0 Å². The second-order valence-corrected chi connectivity index (χ2v) is 7.61. The molecule has 2 rings (SSSR count). The number of nitrogens with one attached hydrogen (secondary N) is 2. The van der Waals surface area contributed by atoms with Gasteiger partial charge in [0.1, 0.15) is 0 Å². The van der Waals surface area contributed by atoms with E-state index >= 15 is 0 Å². The van der Waals surface area contributed by atoms with E-state index in [-0.39, 0.29) is 4.90 Å². The topological polar surface area (TPSA) is 73.8 Å². The molecule has 0 unspecified atom stereocenters. The molecule has 0 heterocycles. The Morgan fingerprint density at radius 2 is 1.72 bits per heavy atom. The van der Waals surface area contributed by atoms with Gasteiger partial charge in [0.2, 0.25) is 10.0 Å². The highest BCUT2D eigenvalue weighted by atomic mass is 32.2. The van der Waals surface area contributed by atoms with E-state index in [9.17, 15) is 8.42 Å². The molecule has 0 amide bonds. The number of rotatable bonds is 6. The molecule has 25 heavy (non-hydrogen) atoms. The Morgan fingerprint density at radius 1 is 1.04 bits per heavy atom. The summed E-state index contributed by atoms with van der Waals surface area (Å²) in [5.41, 5.74) is 2.00. The van der Waals surface area contributed by atoms with Crippen LogP contribution < -0.4 is 10.0 Å². The van der Waals surface area contributed by atoms with Gasteiger partial charge in [-0.25, -0.2) is 18.1 Å². The lowest BCUT2D eigenvalue weighted by Crippen LogP contribution is -2.36. The predicted molar refractivity (Wildman–Crippen MR) is 101 cm³/mol. The third-order valence-electron chi connectivity index (χ3n) is 3.61. The predicted octanol–water partition coefficient (Wildman–Crippen LogP) is 1.80. The van der Waals surface area contributed by atoms with Crippen LogP contribution in [0.2, 0.25) is 0 Å². The summed E-state index contributed by atoms with van der Waals surface area (Å²) in [7, 11) is 1.79. The van der Waals surface area contributed by atoms with E-state index in [0.29, 0.717) is 13.1 Å². The molecule has 0 bridgehead atoms. The Hall–Kier alpha value is -2.38. The Balaban J connectivity index is 2.10. The molecule has 2 aromatic carbocycles. The van der Waals surface area contributed by atoms with E-state index in [1.165, 1.54) is 12.6 Å². The highest BCUT2D eigenvalue weighted by Gasteiger charge is 2.11. The summed E-state index contributed by atoms with van der Waals surface area (Å²) >= 11 is 0. The van der Waals surface area contributed by atoms with Crippen molar-refractivity contribution >= 4 is 16.0 Å². The second-order valence-electron chi connectivity index (χ2n) is 5.73. The van der Waals surface area contributed by atoms with Crippen LogP contribution >= 0.6 is 0 Å². The van der Waals surface area contributed by atoms with E-state index in [1.54, 1.807) is 18.2 Å². The first-order valence-corrected chi connectivity index (χ1v) is 9.43. The highest BCUT2D eigenvalue weighted by molar-refractivity contribution is 7.89. The molecule has 0 aliphatic rings. The van der Waals surface area contributed by atoms with Gasteiger partial charge < -0.3 is 10.2 Å². The van der Waals surface area contributed by atoms with Gasteiger partial charge in [0.25, 0.3) is 0 Å². The first-order valence-electron chi connectivity index (χ1n) is 7.94. The molecule has 7 heteroatoms. The lowest BCUT2D eigenvalue weighted by molar-refractivity contribution is 0.578. The summed E-state index contributed by atoms with van der Waals surface area (Å²) in [6, 6.07) is 16.9. The molecule has 2 aromatic rings. The van der Waals surface area contributed by atoms with Gasteiger partial charge in [-0.05, 0) is 30.3 Å². The van der Waals surface area contributed by atoms with Gasteiger partial charge in [-0.15, -0.1) is 0 Å². The van der Waals surface area contributed by atoms with Gasteiger partial charge in [-0.1, -0.05) is 42.5 Å². The van der Waals surface area contributed by atoms with Gasteiger partial charge in [0.05, 0.1) is 11.4 Å². The van der Waals surface area contributed by atoms with Crippen molar-refractivity contribution in [1.29, 1.82) is 0 Å². The summed E-state index contributed by atoms with van der Waals surface area (Å²) in [6.07, 6.45) is 0. The van der Waals surface area contributed by atoms with Crippen LogP contribution in [0.4, 0.5) is 0 Å². The number of hydrogen-bond acceptors (Lipinski definition) is 3. The zero-order chi connectivity index (χ0) is 18.3. The van der Waals surface area contributed by atoms with E-state index < -0.39 is 10.0 Å². The minimum atomic E-state index is -3.45. The smallest absolute Gasteiger partial charge is 0.240 e. The number of sulfonamides is 1. The fourth-order valence-corrected chi connectivity index (χ4v) is 3.03. The van der Waals surface area contributed by atoms with Crippen LogP contribution in [0.15, 0.2) is 64.5 Å². The lowest BCUT2D eigenvalue weighted by Gasteiger charge is -2.18. The maximum Gasteiger partial charge on any atom is 0.240 e. The molecule has 0 saturated carbocycles. The standard InChI is InChI=1S/C18H24N4O2S/c1-19-25(23,24)17-11-7-10-16(12-17)14-21-18(22(2)3)20-13-15-8-5-4-6-9-15/h4-12,19H,13-14H2,1-3H3,(H,20,21). The summed E-state index contributed by atoms with van der Waals surface area (Å²) in [4.78, 5) is 6.72. The van der Waals surface area contributed by atoms with E-state index in [1.807, 2.05) is 55.4 Å². The van der Waals surface area contributed by atoms with Crippen LogP contribution in [0.1, 0.15) is 11.1 Å². The maximum absolute atomic E-state index is 11.9. The van der Waals surface area contributed by atoms with Crippen LogP contribution in [0.25, 0.3) is 0 Å². The average molecular weight is 360 g/mol. The largest absolute Gasteiger partial charge is 0.352 e. The molecule has 0 fully saturated rings. The van der Waals surface area contributed by atoms with Gasteiger partial charge in [-0.2, -0.15) is 0 Å². The van der Waals surface area contributed by atoms with Gasteiger partial charge in [0, 0.05) is 20.6 Å². The Labute approximate surface area is 149 Å². The third kappa shape index (κ3) is 5.58. The van der Waals surface area contributed by atoms with E-state index in [4.69, 9.17) is 0 Å². The quantitative estimate of drug-likeness (QED) is 0.609. The van der Waals surface area contributed by atoms with Gasteiger partial charge >= 0.3 is 0 Å². The van der Waals surface area contributed by atoms with Crippen LogP contribution in [0.3, 0.4) is 0 Å². The summed E-state index contributed by atoms with van der Waals surface area (Å²) in [6.45, 7) is 1.06. The summed E-state index contributed by atoms with van der Waals surface area (Å²) in [5.74, 6) is 0.741. The number of hydrogen-bond donors (Lipinski definition) is 2. The van der Waals surface area contributed by atoms with E-state index in [2.05, 4.69) is 15.0 Å². The molecule has 134 valence electrons. The molecule has 0 atom stereocenters. The fraction of sp³-hybridized carbons (Fsp3) is 0.278. The van der Waals surface area contributed by atoms with Crippen molar-refractivity contribution in [2.24, 2.45) is 4.99 Å². The summed E-state index contributed by atoms with van der Waals surface area (Å²) in [5, 5.41) is 3.31. The molecule has 0 saturated heterocycles. The highest BCUT2D eigenvalue weighted by Crippen LogP contribution is 2.12. The summed E-state index contributed by atoms with van der Waals surface area (Å²) < 4.78 is 26.1. The zero-order valence-electron chi connectivity index (χ0n) is 14.7.